The molecule has 0 saturated carbocycles. The first-order chi connectivity index (χ1) is 7.22. The number of anilines is 1. The predicted molar refractivity (Wildman–Crippen MR) is 68.7 cm³/mol. The fourth-order valence-corrected chi connectivity index (χ4v) is 2.91. The first-order valence-corrected chi connectivity index (χ1v) is 6.20. The number of fused-ring (bicyclic) bond motifs is 1. The molecule has 1 aromatic carbocycles. The van der Waals surface area contributed by atoms with Crippen LogP contribution in [0.15, 0.2) is 16.6 Å². The van der Waals surface area contributed by atoms with Crippen LogP contribution in [0.5, 0.6) is 0 Å². The summed E-state index contributed by atoms with van der Waals surface area (Å²) < 4.78 is 1.18. The van der Waals surface area contributed by atoms with Gasteiger partial charge in [-0.3, -0.25) is 0 Å². The van der Waals surface area contributed by atoms with Crippen LogP contribution in [-0.4, -0.2) is 20.1 Å². The van der Waals surface area contributed by atoms with Gasteiger partial charge in [-0.05, 0) is 43.7 Å². The Balaban J connectivity index is 2.41. The molecule has 0 aromatic heterocycles. The van der Waals surface area contributed by atoms with Crippen molar-refractivity contribution in [2.45, 2.75) is 19.3 Å². The molecule has 1 heterocycles. The zero-order chi connectivity index (χ0) is 10.8. The molecule has 0 aliphatic carbocycles. The standard InChI is InChI=1S/C12H17BrN2/c1-8-5-10(13)6-11-9(7-14-2)3-4-15-12(8)11/h5-6,9,14-15H,3-4,7H2,1-2H3. The van der Waals surface area contributed by atoms with Crippen molar-refractivity contribution in [1.82, 2.24) is 5.32 Å². The number of aryl methyl sites for hydroxylation is 1. The lowest BCUT2D eigenvalue weighted by molar-refractivity contribution is 0.585. The van der Waals surface area contributed by atoms with Crippen molar-refractivity contribution < 1.29 is 0 Å². The molecule has 82 valence electrons. The van der Waals surface area contributed by atoms with E-state index in [2.05, 4.69) is 45.6 Å². The number of benzene rings is 1. The van der Waals surface area contributed by atoms with Gasteiger partial charge in [0.2, 0.25) is 0 Å². The molecule has 2 N–H and O–H groups in total. The van der Waals surface area contributed by atoms with E-state index >= 15 is 0 Å². The maximum atomic E-state index is 3.57. The van der Waals surface area contributed by atoms with Gasteiger partial charge in [-0.25, -0.2) is 0 Å². The summed E-state index contributed by atoms with van der Waals surface area (Å²) >= 11 is 3.57. The highest BCUT2D eigenvalue weighted by atomic mass is 79.9. The minimum atomic E-state index is 0.641. The summed E-state index contributed by atoms with van der Waals surface area (Å²) in [5.41, 5.74) is 4.12. The highest BCUT2D eigenvalue weighted by molar-refractivity contribution is 9.10. The Kier molecular flexibility index (Phi) is 3.32. The van der Waals surface area contributed by atoms with Gasteiger partial charge < -0.3 is 10.6 Å². The van der Waals surface area contributed by atoms with Gasteiger partial charge in [0.15, 0.2) is 0 Å². The number of halogens is 1. The Morgan fingerprint density at radius 2 is 2.33 bits per heavy atom. The molecule has 0 radical (unpaired) electrons. The maximum absolute atomic E-state index is 3.57. The average molecular weight is 269 g/mol. The normalized spacial score (nSPS) is 19.5. The lowest BCUT2D eigenvalue weighted by Crippen LogP contribution is -2.25. The monoisotopic (exact) mass is 268 g/mol. The molecule has 1 unspecified atom stereocenters. The van der Waals surface area contributed by atoms with E-state index in [1.807, 2.05) is 7.05 Å². The van der Waals surface area contributed by atoms with E-state index in [1.54, 1.807) is 0 Å². The van der Waals surface area contributed by atoms with Crippen LogP contribution in [-0.2, 0) is 0 Å². The molecule has 1 aromatic rings. The van der Waals surface area contributed by atoms with E-state index in [4.69, 9.17) is 0 Å². The van der Waals surface area contributed by atoms with Gasteiger partial charge in [-0.1, -0.05) is 15.9 Å². The molecule has 0 amide bonds. The van der Waals surface area contributed by atoms with Crippen molar-refractivity contribution >= 4 is 21.6 Å². The first kappa shape index (κ1) is 11.0. The van der Waals surface area contributed by atoms with Crippen LogP contribution in [0.25, 0.3) is 0 Å². The van der Waals surface area contributed by atoms with Crippen LogP contribution in [0, 0.1) is 6.92 Å². The Bertz CT molecular complexity index is 363. The largest absolute Gasteiger partial charge is 0.385 e. The molecular weight excluding hydrogens is 252 g/mol. The lowest BCUT2D eigenvalue weighted by atomic mass is 9.89. The van der Waals surface area contributed by atoms with Crippen LogP contribution >= 0.6 is 15.9 Å². The Hall–Kier alpha value is -0.540. The van der Waals surface area contributed by atoms with E-state index in [9.17, 15) is 0 Å². The molecule has 0 bridgehead atoms. The SMILES string of the molecule is CNCC1CCNc2c(C)cc(Br)cc21. The summed E-state index contributed by atoms with van der Waals surface area (Å²) in [6.45, 7) is 4.31. The fraction of sp³-hybridized carbons (Fsp3) is 0.500. The van der Waals surface area contributed by atoms with Gasteiger partial charge in [-0.15, -0.1) is 0 Å². The van der Waals surface area contributed by atoms with Gasteiger partial charge in [0.05, 0.1) is 0 Å². The Morgan fingerprint density at radius 3 is 3.07 bits per heavy atom. The van der Waals surface area contributed by atoms with Crippen LogP contribution in [0.4, 0.5) is 5.69 Å². The number of hydrogen-bond donors (Lipinski definition) is 2. The number of nitrogens with one attached hydrogen (secondary N) is 2. The van der Waals surface area contributed by atoms with E-state index < -0.39 is 0 Å². The van der Waals surface area contributed by atoms with Gasteiger partial charge >= 0.3 is 0 Å². The summed E-state index contributed by atoms with van der Waals surface area (Å²) in [6.07, 6.45) is 1.21. The minimum absolute atomic E-state index is 0.641. The van der Waals surface area contributed by atoms with E-state index in [-0.39, 0.29) is 0 Å². The second-order valence-corrected chi connectivity index (χ2v) is 5.07. The van der Waals surface area contributed by atoms with Gasteiger partial charge in [-0.2, -0.15) is 0 Å². The third-order valence-corrected chi connectivity index (χ3v) is 3.47. The van der Waals surface area contributed by atoms with E-state index in [0.717, 1.165) is 13.1 Å². The fourth-order valence-electron chi connectivity index (χ4n) is 2.32. The summed E-state index contributed by atoms with van der Waals surface area (Å²) in [7, 11) is 2.02. The predicted octanol–water partition coefficient (Wildman–Crippen LogP) is 2.88. The third kappa shape index (κ3) is 2.18. The molecule has 1 aliphatic heterocycles. The van der Waals surface area contributed by atoms with Crippen LogP contribution in [0.1, 0.15) is 23.5 Å². The molecule has 1 atom stereocenters. The summed E-state index contributed by atoms with van der Waals surface area (Å²) in [5, 5.41) is 6.77. The number of rotatable bonds is 2. The van der Waals surface area contributed by atoms with Gasteiger partial charge in [0, 0.05) is 29.2 Å². The number of likely N-dealkylation sites (N-methyl/N-ethyl adjacent to an activating group) is 1. The quantitative estimate of drug-likeness (QED) is 0.862. The smallest absolute Gasteiger partial charge is 0.0406 e. The molecular formula is C12H17BrN2. The maximum Gasteiger partial charge on any atom is 0.0406 e. The minimum Gasteiger partial charge on any atom is -0.385 e. The summed E-state index contributed by atoms with van der Waals surface area (Å²) in [6, 6.07) is 4.42. The van der Waals surface area contributed by atoms with Crippen molar-refractivity contribution in [1.29, 1.82) is 0 Å². The van der Waals surface area contributed by atoms with Crippen molar-refractivity contribution in [3.8, 4) is 0 Å². The number of hydrogen-bond acceptors (Lipinski definition) is 2. The second kappa shape index (κ2) is 4.54. The average Bonchev–Trinajstić information content (AvgIpc) is 2.19. The first-order valence-electron chi connectivity index (χ1n) is 5.41. The molecule has 0 fully saturated rings. The van der Waals surface area contributed by atoms with Gasteiger partial charge in [0.1, 0.15) is 0 Å². The lowest BCUT2D eigenvalue weighted by Gasteiger charge is -2.28. The van der Waals surface area contributed by atoms with E-state index in [0.29, 0.717) is 5.92 Å². The highest BCUT2D eigenvalue weighted by Crippen LogP contribution is 2.35. The van der Waals surface area contributed by atoms with Crippen LogP contribution < -0.4 is 10.6 Å². The van der Waals surface area contributed by atoms with Crippen molar-refractivity contribution in [3.63, 3.8) is 0 Å². The Labute approximate surface area is 99.6 Å². The van der Waals surface area contributed by atoms with Crippen molar-refractivity contribution in [2.75, 3.05) is 25.5 Å². The summed E-state index contributed by atoms with van der Waals surface area (Å²) in [4.78, 5) is 0. The van der Waals surface area contributed by atoms with E-state index in [1.165, 1.54) is 27.7 Å². The van der Waals surface area contributed by atoms with Gasteiger partial charge in [0.25, 0.3) is 0 Å². The van der Waals surface area contributed by atoms with Crippen molar-refractivity contribution in [3.05, 3.63) is 27.7 Å². The highest BCUT2D eigenvalue weighted by Gasteiger charge is 2.20. The zero-order valence-electron chi connectivity index (χ0n) is 9.23. The molecule has 0 saturated heterocycles. The summed E-state index contributed by atoms with van der Waals surface area (Å²) in [5.74, 6) is 0.641. The molecule has 2 rings (SSSR count). The zero-order valence-corrected chi connectivity index (χ0v) is 10.8. The second-order valence-electron chi connectivity index (χ2n) is 4.16. The third-order valence-electron chi connectivity index (χ3n) is 3.02. The molecule has 3 heteroatoms. The van der Waals surface area contributed by atoms with Crippen LogP contribution in [0.3, 0.4) is 0 Å². The van der Waals surface area contributed by atoms with Crippen LogP contribution in [0.2, 0.25) is 0 Å². The topological polar surface area (TPSA) is 24.1 Å². The molecule has 1 aliphatic rings. The molecule has 0 spiro atoms. The van der Waals surface area contributed by atoms with Crippen molar-refractivity contribution in [2.24, 2.45) is 0 Å². The molecule has 2 nitrogen and oxygen atoms in total. The Morgan fingerprint density at radius 1 is 1.53 bits per heavy atom. The molecule has 15 heavy (non-hydrogen) atoms.